The first kappa shape index (κ1) is 8.78. The summed E-state index contributed by atoms with van der Waals surface area (Å²) in [5, 5.41) is 6.88. The van der Waals surface area contributed by atoms with Crippen molar-refractivity contribution in [2.24, 2.45) is 0 Å². The van der Waals surface area contributed by atoms with Crippen LogP contribution in [0.4, 0.5) is 10.0 Å². The summed E-state index contributed by atoms with van der Waals surface area (Å²) in [5.41, 5.74) is 0. The van der Waals surface area contributed by atoms with Crippen molar-refractivity contribution in [3.8, 4) is 0 Å². The predicted molar refractivity (Wildman–Crippen MR) is 61.3 cm³/mol. The fourth-order valence-electron chi connectivity index (χ4n) is 1.27. The van der Waals surface area contributed by atoms with E-state index in [1.54, 1.807) is 22.7 Å². The van der Waals surface area contributed by atoms with Gasteiger partial charge in [0.15, 0.2) is 0 Å². The van der Waals surface area contributed by atoms with Crippen molar-refractivity contribution in [3.63, 3.8) is 0 Å². The van der Waals surface area contributed by atoms with Crippen molar-refractivity contribution in [2.75, 3.05) is 11.4 Å². The van der Waals surface area contributed by atoms with Gasteiger partial charge in [0.2, 0.25) is 0 Å². The number of anilines is 2. The van der Waals surface area contributed by atoms with Crippen LogP contribution in [0.2, 0.25) is 0 Å². The molecule has 2 aromatic heterocycles. The van der Waals surface area contributed by atoms with E-state index in [9.17, 15) is 0 Å². The second-order valence-electron chi connectivity index (χ2n) is 2.65. The van der Waals surface area contributed by atoms with Gasteiger partial charge in [-0.05, 0) is 41.9 Å². The first-order valence-electron chi connectivity index (χ1n) is 4.26. The second-order valence-corrected chi connectivity index (χ2v) is 4.50. The standard InChI is InChI=1S/C10H11NS2/c1-2-11(9-5-3-7-12-9)10-6-4-8-13-10/h3-8H,2H2,1H3. The molecule has 0 aliphatic heterocycles. The Morgan fingerprint density at radius 1 is 1.08 bits per heavy atom. The highest BCUT2D eigenvalue weighted by Gasteiger charge is 2.07. The van der Waals surface area contributed by atoms with E-state index in [1.165, 1.54) is 10.0 Å². The predicted octanol–water partition coefficient (Wildman–Crippen LogP) is 3.97. The van der Waals surface area contributed by atoms with E-state index in [4.69, 9.17) is 0 Å². The number of thiophene rings is 2. The lowest BCUT2D eigenvalue weighted by Gasteiger charge is -2.18. The third-order valence-electron chi connectivity index (χ3n) is 1.86. The zero-order valence-corrected chi connectivity index (χ0v) is 9.07. The van der Waals surface area contributed by atoms with Crippen LogP contribution >= 0.6 is 22.7 Å². The van der Waals surface area contributed by atoms with E-state index in [2.05, 4.69) is 46.8 Å². The Kier molecular flexibility index (Phi) is 2.66. The number of rotatable bonds is 3. The van der Waals surface area contributed by atoms with Gasteiger partial charge in [0.25, 0.3) is 0 Å². The molecule has 2 heterocycles. The van der Waals surface area contributed by atoms with Gasteiger partial charge in [-0.2, -0.15) is 0 Å². The van der Waals surface area contributed by atoms with Crippen molar-refractivity contribution < 1.29 is 0 Å². The van der Waals surface area contributed by atoms with Crippen LogP contribution in [0.1, 0.15) is 6.92 Å². The molecule has 68 valence electrons. The van der Waals surface area contributed by atoms with Crippen LogP contribution in [0, 0.1) is 0 Å². The molecule has 0 fully saturated rings. The third-order valence-corrected chi connectivity index (χ3v) is 3.64. The average molecular weight is 209 g/mol. The Hall–Kier alpha value is -0.800. The minimum absolute atomic E-state index is 1.03. The van der Waals surface area contributed by atoms with Gasteiger partial charge in [-0.1, -0.05) is 0 Å². The van der Waals surface area contributed by atoms with Gasteiger partial charge in [-0.25, -0.2) is 0 Å². The Morgan fingerprint density at radius 3 is 1.92 bits per heavy atom. The lowest BCUT2D eigenvalue weighted by molar-refractivity contribution is 1.05. The molecule has 0 N–H and O–H groups in total. The molecule has 0 aromatic carbocycles. The molecule has 0 unspecified atom stereocenters. The lowest BCUT2D eigenvalue weighted by Crippen LogP contribution is -2.12. The molecule has 0 bridgehead atoms. The fraction of sp³-hybridized carbons (Fsp3) is 0.200. The Morgan fingerprint density at radius 2 is 1.62 bits per heavy atom. The summed E-state index contributed by atoms with van der Waals surface area (Å²) in [5.74, 6) is 0. The third kappa shape index (κ3) is 1.76. The summed E-state index contributed by atoms with van der Waals surface area (Å²) >= 11 is 3.57. The first-order valence-corrected chi connectivity index (χ1v) is 6.02. The maximum absolute atomic E-state index is 2.33. The molecule has 0 atom stereocenters. The number of hydrogen-bond acceptors (Lipinski definition) is 3. The zero-order chi connectivity index (χ0) is 9.10. The SMILES string of the molecule is CCN(c1cccs1)c1cccs1. The van der Waals surface area contributed by atoms with Gasteiger partial charge in [0.1, 0.15) is 0 Å². The highest BCUT2D eigenvalue weighted by Crippen LogP contribution is 2.32. The molecule has 0 aliphatic carbocycles. The fourth-order valence-corrected chi connectivity index (χ4v) is 2.94. The molecular weight excluding hydrogens is 198 g/mol. The number of hydrogen-bond donors (Lipinski definition) is 0. The van der Waals surface area contributed by atoms with E-state index in [0.717, 1.165) is 6.54 Å². The highest BCUT2D eigenvalue weighted by atomic mass is 32.1. The van der Waals surface area contributed by atoms with Crippen LogP contribution in [0.15, 0.2) is 35.0 Å². The van der Waals surface area contributed by atoms with Crippen LogP contribution in [-0.4, -0.2) is 6.54 Å². The molecular formula is C10H11NS2. The van der Waals surface area contributed by atoms with E-state index in [0.29, 0.717) is 0 Å². The molecule has 2 aromatic rings. The minimum atomic E-state index is 1.03. The van der Waals surface area contributed by atoms with Crippen molar-refractivity contribution in [1.82, 2.24) is 0 Å². The van der Waals surface area contributed by atoms with Gasteiger partial charge >= 0.3 is 0 Å². The Bertz CT molecular complexity index is 303. The Labute approximate surface area is 86.3 Å². The van der Waals surface area contributed by atoms with Crippen LogP contribution < -0.4 is 4.90 Å². The Balaban J connectivity index is 2.29. The van der Waals surface area contributed by atoms with Crippen molar-refractivity contribution >= 4 is 32.7 Å². The molecule has 2 rings (SSSR count). The van der Waals surface area contributed by atoms with Crippen molar-refractivity contribution in [2.45, 2.75) is 6.92 Å². The van der Waals surface area contributed by atoms with Crippen LogP contribution in [0.25, 0.3) is 0 Å². The van der Waals surface area contributed by atoms with Gasteiger partial charge in [0, 0.05) is 6.54 Å². The summed E-state index contributed by atoms with van der Waals surface area (Å²) in [6.07, 6.45) is 0. The normalized spacial score (nSPS) is 10.2. The maximum Gasteiger partial charge on any atom is 0.0959 e. The van der Waals surface area contributed by atoms with E-state index < -0.39 is 0 Å². The van der Waals surface area contributed by atoms with Crippen molar-refractivity contribution in [3.05, 3.63) is 35.0 Å². The second kappa shape index (κ2) is 3.94. The van der Waals surface area contributed by atoms with Gasteiger partial charge in [0.05, 0.1) is 10.0 Å². The molecule has 0 spiro atoms. The summed E-state index contributed by atoms with van der Waals surface area (Å²) in [7, 11) is 0. The summed E-state index contributed by atoms with van der Waals surface area (Å²) in [6.45, 7) is 3.21. The summed E-state index contributed by atoms with van der Waals surface area (Å²) in [6, 6.07) is 8.51. The summed E-state index contributed by atoms with van der Waals surface area (Å²) < 4.78 is 0. The highest BCUT2D eigenvalue weighted by molar-refractivity contribution is 7.16. The van der Waals surface area contributed by atoms with E-state index in [-0.39, 0.29) is 0 Å². The topological polar surface area (TPSA) is 3.24 Å². The lowest BCUT2D eigenvalue weighted by atomic mass is 10.5. The molecule has 0 amide bonds. The molecule has 13 heavy (non-hydrogen) atoms. The molecule has 0 radical (unpaired) electrons. The minimum Gasteiger partial charge on any atom is -0.325 e. The van der Waals surface area contributed by atoms with Crippen LogP contribution in [-0.2, 0) is 0 Å². The molecule has 0 aliphatic rings. The zero-order valence-electron chi connectivity index (χ0n) is 7.43. The van der Waals surface area contributed by atoms with Gasteiger partial charge in [-0.15, -0.1) is 22.7 Å². The number of nitrogens with zero attached hydrogens (tertiary/aromatic N) is 1. The van der Waals surface area contributed by atoms with E-state index in [1.807, 2.05) is 0 Å². The van der Waals surface area contributed by atoms with Gasteiger partial charge in [-0.3, -0.25) is 0 Å². The summed E-state index contributed by atoms with van der Waals surface area (Å²) in [4.78, 5) is 2.33. The van der Waals surface area contributed by atoms with Crippen LogP contribution in [0.3, 0.4) is 0 Å². The largest absolute Gasteiger partial charge is 0.325 e. The van der Waals surface area contributed by atoms with Crippen molar-refractivity contribution in [1.29, 1.82) is 0 Å². The first-order chi connectivity index (χ1) is 6.42. The molecule has 1 nitrogen and oxygen atoms in total. The van der Waals surface area contributed by atoms with Gasteiger partial charge < -0.3 is 4.90 Å². The van der Waals surface area contributed by atoms with Crippen LogP contribution in [0.5, 0.6) is 0 Å². The molecule has 0 saturated heterocycles. The smallest absolute Gasteiger partial charge is 0.0959 e. The maximum atomic E-state index is 2.33. The molecule has 3 heteroatoms. The average Bonchev–Trinajstić information content (AvgIpc) is 2.76. The van der Waals surface area contributed by atoms with E-state index >= 15 is 0 Å². The quantitative estimate of drug-likeness (QED) is 0.739. The molecule has 0 saturated carbocycles. The monoisotopic (exact) mass is 209 g/mol.